The van der Waals surface area contributed by atoms with Crippen molar-refractivity contribution in [3.05, 3.63) is 34.3 Å². The maximum absolute atomic E-state index is 15.0. The van der Waals surface area contributed by atoms with E-state index in [4.69, 9.17) is 11.6 Å². The standard InChI is InChI=1S/C65H101ClF3N11O11/c1-14-40(7)54-58(86)72-46(15-2)60(88)76(10)37-53(83)78(12)50(35-42-22-17-16-18-23-42)62(90)75(9)36-51(81)71-47(28-26-43-25-27-44(45(66)34-43)65(67,68)69)61(89)80-31-21-24-48(80)57(85)74-64(29-19-20-30-64)63(91)79(13)55(39(5)6)59(87)70-41(8)33-52(82)77(11)49(32-38(3)4)56(84)73-54/h25,27,34,38-42,46-50,54-55H,14-24,26,28-33,35-37H2,1-13H3,(H,70,87)(H,71,81)(H,72,86)(H,73,84)(H,74,85)/t40-,41+,46-,47-,48-,49-,50-,54?,55-/m0/s1. The van der Waals surface area contributed by atoms with E-state index in [-0.39, 0.29) is 76.2 Å². The molecule has 1 aromatic carbocycles. The van der Waals surface area contributed by atoms with Gasteiger partial charge in [-0.2, -0.15) is 13.2 Å². The molecule has 2 aliphatic carbocycles. The SMILES string of the molecule is CC[C@@H]1NC(=O)C([C@@H](C)CC)NC(=O)[C@H](CC(C)C)N(C)C(=O)C[C@@H](C)NC(=O)[C@H](C(C)C)N(C)C(=O)C2(CCCC2)NC(=O)[C@@H]2CCCN2C(=O)[C@H](CCc2ccc(C(F)(F)F)c(Cl)c2)NC(=O)CN(C)C(=O)[C@H](CC2CCCCC2)N(C)C(=O)CN(C)C1=O. The third-order valence-corrected chi connectivity index (χ3v) is 19.2. The molecule has 22 nitrogen and oxygen atoms in total. The van der Waals surface area contributed by atoms with Crippen molar-refractivity contribution >= 4 is 76.6 Å². The van der Waals surface area contributed by atoms with Crippen LogP contribution in [0.5, 0.6) is 0 Å². The summed E-state index contributed by atoms with van der Waals surface area (Å²) in [5.41, 5.74) is -2.25. The van der Waals surface area contributed by atoms with Crippen LogP contribution in [0.4, 0.5) is 13.2 Å². The molecule has 2 heterocycles. The van der Waals surface area contributed by atoms with Gasteiger partial charge in [0.2, 0.25) is 65.0 Å². The third kappa shape index (κ3) is 19.8. The molecule has 1 aromatic rings. The zero-order valence-corrected chi connectivity index (χ0v) is 56.5. The third-order valence-electron chi connectivity index (χ3n) is 18.9. The average molecular weight is 1310 g/mol. The van der Waals surface area contributed by atoms with Gasteiger partial charge in [0.05, 0.1) is 23.7 Å². The summed E-state index contributed by atoms with van der Waals surface area (Å²) in [5.74, 6) is -7.92. The van der Waals surface area contributed by atoms with Crippen LogP contribution in [0.1, 0.15) is 176 Å². The molecule has 9 atom stereocenters. The first-order valence-corrected chi connectivity index (χ1v) is 33.0. The Morgan fingerprint density at radius 3 is 1.87 bits per heavy atom. The predicted octanol–water partition coefficient (Wildman–Crippen LogP) is 5.60. The topological polar surface area (TPSA) is 267 Å². The van der Waals surface area contributed by atoms with Crippen LogP contribution in [0.15, 0.2) is 18.2 Å². The minimum absolute atomic E-state index is 0.0292. The molecule has 11 amide bonds. The Hall–Kier alpha value is -6.53. The van der Waals surface area contributed by atoms with E-state index in [0.717, 1.165) is 54.0 Å². The number of alkyl halides is 3. The molecular formula is C65H101ClF3N11O11. The van der Waals surface area contributed by atoms with E-state index >= 15 is 4.79 Å². The summed E-state index contributed by atoms with van der Waals surface area (Å²) in [7, 11) is 7.16. The molecular weight excluding hydrogens is 1200 g/mol. The lowest BCUT2D eigenvalue weighted by Gasteiger charge is -2.39. The first kappa shape index (κ1) is 75.2. The minimum atomic E-state index is -4.74. The molecule has 4 aliphatic rings. The van der Waals surface area contributed by atoms with Gasteiger partial charge in [-0.1, -0.05) is 118 Å². The van der Waals surface area contributed by atoms with Crippen molar-refractivity contribution in [1.29, 1.82) is 0 Å². The molecule has 2 saturated heterocycles. The van der Waals surface area contributed by atoms with Gasteiger partial charge in [-0.25, -0.2) is 0 Å². The summed E-state index contributed by atoms with van der Waals surface area (Å²) in [6, 6.07) is -5.80. The molecule has 4 fully saturated rings. The molecule has 0 bridgehead atoms. The number of carbonyl (C=O) groups is 11. The Morgan fingerprint density at radius 2 is 1.29 bits per heavy atom. The molecule has 1 unspecified atom stereocenters. The lowest BCUT2D eigenvalue weighted by Crippen LogP contribution is -2.64. The number of benzene rings is 1. The first-order valence-electron chi connectivity index (χ1n) is 32.6. The fourth-order valence-electron chi connectivity index (χ4n) is 13.3. The molecule has 0 aromatic heterocycles. The van der Waals surface area contributed by atoms with E-state index in [0.29, 0.717) is 31.2 Å². The Kier molecular flexibility index (Phi) is 27.6. The number of hydrogen-bond donors (Lipinski definition) is 5. The predicted molar refractivity (Wildman–Crippen MR) is 337 cm³/mol. The first-order chi connectivity index (χ1) is 42.7. The normalized spacial score (nSPS) is 26.9. The molecule has 1 spiro atoms. The van der Waals surface area contributed by atoms with Crippen LogP contribution in [0.25, 0.3) is 0 Å². The minimum Gasteiger partial charge on any atom is -0.351 e. The van der Waals surface area contributed by atoms with Crippen molar-refractivity contribution in [3.63, 3.8) is 0 Å². The second-order valence-electron chi connectivity index (χ2n) is 26.8. The highest BCUT2D eigenvalue weighted by Gasteiger charge is 2.50. The Balaban J connectivity index is 1.55. The van der Waals surface area contributed by atoms with E-state index in [1.54, 1.807) is 34.6 Å². The van der Waals surface area contributed by atoms with Crippen LogP contribution in [-0.2, 0) is 65.3 Å². The summed E-state index contributed by atoms with van der Waals surface area (Å²) in [4.78, 5) is 167. The van der Waals surface area contributed by atoms with Gasteiger partial charge in [-0.15, -0.1) is 0 Å². The van der Waals surface area contributed by atoms with Gasteiger partial charge in [0.15, 0.2) is 0 Å². The van der Waals surface area contributed by atoms with Gasteiger partial charge in [-0.05, 0) is 106 Å². The highest BCUT2D eigenvalue weighted by Crippen LogP contribution is 2.37. The maximum atomic E-state index is 15.0. The highest BCUT2D eigenvalue weighted by molar-refractivity contribution is 6.31. The van der Waals surface area contributed by atoms with E-state index < -0.39 is 161 Å². The summed E-state index contributed by atoms with van der Waals surface area (Å²) in [5, 5.41) is 13.7. The fourth-order valence-corrected chi connectivity index (χ4v) is 13.6. The highest BCUT2D eigenvalue weighted by atomic mass is 35.5. The van der Waals surface area contributed by atoms with Gasteiger partial charge < -0.3 is 56.0 Å². The van der Waals surface area contributed by atoms with Crippen LogP contribution >= 0.6 is 11.6 Å². The molecule has 5 rings (SSSR count). The monoisotopic (exact) mass is 1300 g/mol. The number of fused-ring (bicyclic) bond motifs is 1. The number of aryl methyl sites for hydroxylation is 1. The van der Waals surface area contributed by atoms with E-state index in [9.17, 15) is 61.1 Å². The summed E-state index contributed by atoms with van der Waals surface area (Å²) in [6.45, 7) is 13.1. The summed E-state index contributed by atoms with van der Waals surface area (Å²) >= 11 is 6.11. The van der Waals surface area contributed by atoms with E-state index in [1.165, 1.54) is 60.9 Å². The number of likely N-dealkylation sites (N-methyl/N-ethyl adjacent to an activating group) is 5. The lowest BCUT2D eigenvalue weighted by atomic mass is 9.84. The number of rotatable bonds is 11. The van der Waals surface area contributed by atoms with Crippen molar-refractivity contribution in [2.24, 2.45) is 23.7 Å². The Morgan fingerprint density at radius 1 is 0.659 bits per heavy atom. The van der Waals surface area contributed by atoms with Crippen LogP contribution in [0.2, 0.25) is 5.02 Å². The second-order valence-corrected chi connectivity index (χ2v) is 27.2. The summed E-state index contributed by atoms with van der Waals surface area (Å²) < 4.78 is 41.3. The average Bonchev–Trinajstić information content (AvgIpc) is 1.75. The largest absolute Gasteiger partial charge is 0.417 e. The molecule has 2 aliphatic heterocycles. The van der Waals surface area contributed by atoms with Crippen LogP contribution in [0, 0.1) is 23.7 Å². The number of hydrogen-bond acceptors (Lipinski definition) is 11. The van der Waals surface area contributed by atoms with Gasteiger partial charge in [0, 0.05) is 54.2 Å². The zero-order valence-electron chi connectivity index (χ0n) is 55.7. The molecule has 91 heavy (non-hydrogen) atoms. The molecule has 0 radical (unpaired) electrons. The van der Waals surface area contributed by atoms with Gasteiger partial charge >= 0.3 is 6.18 Å². The van der Waals surface area contributed by atoms with Crippen molar-refractivity contribution in [3.8, 4) is 0 Å². The quantitative estimate of drug-likeness (QED) is 0.182. The van der Waals surface area contributed by atoms with Crippen LogP contribution < -0.4 is 26.6 Å². The molecule has 26 heteroatoms. The van der Waals surface area contributed by atoms with Crippen molar-refractivity contribution in [1.82, 2.24) is 56.0 Å². The van der Waals surface area contributed by atoms with Crippen LogP contribution in [0.3, 0.4) is 0 Å². The number of amides is 11. The van der Waals surface area contributed by atoms with E-state index in [1.807, 2.05) is 20.8 Å². The smallest absolute Gasteiger partial charge is 0.351 e. The van der Waals surface area contributed by atoms with Crippen molar-refractivity contribution in [2.75, 3.05) is 54.9 Å². The molecule has 510 valence electrons. The number of carbonyl (C=O) groups excluding carboxylic acids is 11. The van der Waals surface area contributed by atoms with E-state index in [2.05, 4.69) is 26.6 Å². The van der Waals surface area contributed by atoms with Crippen LogP contribution in [-0.4, -0.2) is 203 Å². The van der Waals surface area contributed by atoms with Crippen molar-refractivity contribution in [2.45, 2.75) is 231 Å². The number of nitrogens with zero attached hydrogens (tertiary/aromatic N) is 6. The number of halogens is 4. The van der Waals surface area contributed by atoms with Crippen molar-refractivity contribution < 1.29 is 65.9 Å². The van der Waals surface area contributed by atoms with Gasteiger partial charge in [-0.3, -0.25) is 52.7 Å². The Labute approximate surface area is 540 Å². The molecule has 5 N–H and O–H groups in total. The second kappa shape index (κ2) is 33.4. The number of nitrogens with one attached hydrogen (secondary N) is 5. The van der Waals surface area contributed by atoms with Gasteiger partial charge in [0.25, 0.3) is 0 Å². The Bertz CT molecular complexity index is 2780. The summed E-state index contributed by atoms with van der Waals surface area (Å²) in [6.07, 6.45) is 2.11. The zero-order chi connectivity index (χ0) is 68.0. The molecule has 2 saturated carbocycles. The van der Waals surface area contributed by atoms with Gasteiger partial charge in [0.1, 0.15) is 47.8 Å². The fraction of sp³-hybridized carbons (Fsp3) is 0.738. The lowest BCUT2D eigenvalue weighted by molar-refractivity contribution is -0.149. The maximum Gasteiger partial charge on any atom is 0.417 e.